The Labute approximate surface area is 168 Å². The molecule has 1 aliphatic heterocycles. The second-order valence-corrected chi connectivity index (χ2v) is 8.89. The van der Waals surface area contributed by atoms with E-state index in [1.807, 2.05) is 31.3 Å². The van der Waals surface area contributed by atoms with E-state index in [4.69, 9.17) is 14.6 Å². The van der Waals surface area contributed by atoms with Gasteiger partial charge in [0.15, 0.2) is 0 Å². The van der Waals surface area contributed by atoms with Gasteiger partial charge in [-0.15, -0.1) is 0 Å². The molecule has 0 aliphatic carbocycles. The van der Waals surface area contributed by atoms with Crippen LogP contribution in [0.1, 0.15) is 25.8 Å². The highest BCUT2D eigenvalue weighted by Crippen LogP contribution is 2.14. The summed E-state index contributed by atoms with van der Waals surface area (Å²) < 4.78 is 34.5. The smallest absolute Gasteiger partial charge is 0.290 e. The number of hydrogen-bond donors (Lipinski definition) is 2. The molecule has 9 heteroatoms. The topological polar surface area (TPSA) is 99.2 Å². The highest BCUT2D eigenvalue weighted by molar-refractivity contribution is 7.87. The van der Waals surface area contributed by atoms with Crippen molar-refractivity contribution in [1.82, 2.24) is 13.9 Å². The third-order valence-electron chi connectivity index (χ3n) is 4.39. The van der Waals surface area contributed by atoms with Crippen LogP contribution in [0, 0.1) is 5.92 Å². The molecular weight excluding hydrogens is 382 g/mol. The maximum Gasteiger partial charge on any atom is 0.290 e. The zero-order valence-corrected chi connectivity index (χ0v) is 17.8. The van der Waals surface area contributed by atoms with Crippen LogP contribution in [0.3, 0.4) is 0 Å². The largest absolute Gasteiger partial charge is 0.494 e. The Morgan fingerprint density at radius 3 is 2.29 bits per heavy atom. The van der Waals surface area contributed by atoms with Crippen molar-refractivity contribution in [2.24, 2.45) is 5.92 Å². The fraction of sp³-hybridized carbons (Fsp3) is 0.632. The number of nitrogens with one attached hydrogen (secondary N) is 1. The molecule has 0 amide bonds. The monoisotopic (exact) mass is 415 g/mol. The molecule has 160 valence electrons. The van der Waals surface area contributed by atoms with Crippen LogP contribution in [0.5, 0.6) is 5.75 Å². The summed E-state index contributed by atoms with van der Waals surface area (Å²) in [5.74, 6) is 1.50. The van der Waals surface area contributed by atoms with Crippen molar-refractivity contribution >= 4 is 16.7 Å². The second kappa shape index (κ2) is 12.7. The number of benzene rings is 1. The minimum absolute atomic E-state index is 0.250. The van der Waals surface area contributed by atoms with Gasteiger partial charge in [-0.25, -0.2) is 4.72 Å². The molecule has 1 heterocycles. The zero-order valence-electron chi connectivity index (χ0n) is 17.0. The van der Waals surface area contributed by atoms with Crippen molar-refractivity contribution in [2.75, 3.05) is 46.4 Å². The molecule has 0 spiro atoms. The first-order valence-electron chi connectivity index (χ1n) is 9.51. The Balaban J connectivity index is 0.00000122. The lowest BCUT2D eigenvalue weighted by Crippen LogP contribution is -2.51. The van der Waals surface area contributed by atoms with Gasteiger partial charge in [-0.05, 0) is 43.5 Å². The molecule has 0 radical (unpaired) electrons. The van der Waals surface area contributed by atoms with E-state index in [0.717, 1.165) is 37.4 Å². The van der Waals surface area contributed by atoms with Gasteiger partial charge < -0.3 is 14.7 Å². The summed E-state index contributed by atoms with van der Waals surface area (Å²) in [5.41, 5.74) is 1.09. The number of rotatable bonds is 9. The summed E-state index contributed by atoms with van der Waals surface area (Å²) in [6.45, 7) is 7.89. The molecule has 0 unspecified atom stereocenters. The number of piperazine rings is 1. The molecule has 1 saturated heterocycles. The van der Waals surface area contributed by atoms with Gasteiger partial charge in [-0.3, -0.25) is 4.79 Å². The molecule has 0 saturated carbocycles. The third-order valence-corrected chi connectivity index (χ3v) is 6.00. The van der Waals surface area contributed by atoms with Gasteiger partial charge in [-0.2, -0.15) is 12.7 Å². The molecule has 0 aromatic heterocycles. The molecule has 0 atom stereocenters. The van der Waals surface area contributed by atoms with Crippen molar-refractivity contribution in [3.8, 4) is 5.75 Å². The quantitative estimate of drug-likeness (QED) is 0.592. The minimum atomic E-state index is -3.37. The maximum absolute atomic E-state index is 12.3. The van der Waals surface area contributed by atoms with E-state index in [0.29, 0.717) is 32.0 Å². The molecule has 2 rings (SSSR count). The van der Waals surface area contributed by atoms with Crippen molar-refractivity contribution in [2.45, 2.75) is 26.7 Å². The van der Waals surface area contributed by atoms with E-state index in [1.165, 1.54) is 4.31 Å². The van der Waals surface area contributed by atoms with Gasteiger partial charge in [0.05, 0.1) is 6.61 Å². The lowest BCUT2D eigenvalue weighted by atomic mass is 10.1. The lowest BCUT2D eigenvalue weighted by molar-refractivity contribution is -0.122. The molecule has 1 fully saturated rings. The van der Waals surface area contributed by atoms with Crippen LogP contribution in [-0.4, -0.2) is 75.6 Å². The van der Waals surface area contributed by atoms with E-state index in [9.17, 15) is 8.42 Å². The van der Waals surface area contributed by atoms with Crippen molar-refractivity contribution in [3.05, 3.63) is 29.8 Å². The van der Waals surface area contributed by atoms with Crippen LogP contribution in [0.25, 0.3) is 0 Å². The fourth-order valence-electron chi connectivity index (χ4n) is 2.61. The van der Waals surface area contributed by atoms with E-state index in [2.05, 4.69) is 23.5 Å². The highest BCUT2D eigenvalue weighted by atomic mass is 32.2. The molecule has 0 bridgehead atoms. The fourth-order valence-corrected chi connectivity index (χ4v) is 3.80. The Morgan fingerprint density at radius 2 is 1.75 bits per heavy atom. The number of hydrogen-bond acceptors (Lipinski definition) is 5. The summed E-state index contributed by atoms with van der Waals surface area (Å²) >= 11 is 0. The molecule has 8 nitrogen and oxygen atoms in total. The van der Waals surface area contributed by atoms with E-state index >= 15 is 0 Å². The lowest BCUT2D eigenvalue weighted by Gasteiger charge is -2.31. The average Bonchev–Trinajstić information content (AvgIpc) is 2.64. The Kier molecular flexibility index (Phi) is 11.1. The summed E-state index contributed by atoms with van der Waals surface area (Å²) in [5, 5.41) is 6.89. The minimum Gasteiger partial charge on any atom is -0.494 e. The second-order valence-electron chi connectivity index (χ2n) is 7.13. The summed E-state index contributed by atoms with van der Waals surface area (Å²) in [4.78, 5) is 10.5. The molecule has 1 aromatic carbocycles. The molecule has 1 aliphatic rings. The first-order chi connectivity index (χ1) is 13.3. The van der Waals surface area contributed by atoms with Crippen LogP contribution in [0.2, 0.25) is 0 Å². The third kappa shape index (κ3) is 9.50. The summed E-state index contributed by atoms with van der Waals surface area (Å²) in [7, 11) is -1.37. The zero-order chi connectivity index (χ0) is 21.0. The van der Waals surface area contributed by atoms with Crippen LogP contribution < -0.4 is 9.46 Å². The number of likely N-dealkylation sites (N-methyl/N-ethyl adjacent to an activating group) is 1. The predicted octanol–water partition coefficient (Wildman–Crippen LogP) is 1.44. The maximum atomic E-state index is 12.3. The van der Waals surface area contributed by atoms with Gasteiger partial charge in [0.1, 0.15) is 5.75 Å². The van der Waals surface area contributed by atoms with Gasteiger partial charge in [0.25, 0.3) is 16.7 Å². The van der Waals surface area contributed by atoms with Crippen molar-refractivity contribution < 1.29 is 23.1 Å². The van der Waals surface area contributed by atoms with Gasteiger partial charge in [0.2, 0.25) is 0 Å². The van der Waals surface area contributed by atoms with Crippen LogP contribution in [0.15, 0.2) is 24.3 Å². The Hall–Kier alpha value is -1.68. The Bertz CT molecular complexity index is 657. The van der Waals surface area contributed by atoms with Crippen LogP contribution in [0.4, 0.5) is 0 Å². The number of ether oxygens (including phenoxy) is 1. The molecular formula is C19H33N3O5S. The number of carbonyl (C=O) groups is 1. The number of nitrogens with zero attached hydrogens (tertiary/aromatic N) is 2. The predicted molar refractivity (Wildman–Crippen MR) is 110 cm³/mol. The van der Waals surface area contributed by atoms with E-state index < -0.39 is 10.2 Å². The Morgan fingerprint density at radius 1 is 1.18 bits per heavy atom. The molecule has 2 N–H and O–H groups in total. The van der Waals surface area contributed by atoms with Crippen molar-refractivity contribution in [3.63, 3.8) is 0 Å². The highest BCUT2D eigenvalue weighted by Gasteiger charge is 2.24. The average molecular weight is 416 g/mol. The summed E-state index contributed by atoms with van der Waals surface area (Å²) in [6, 6.07) is 7.89. The van der Waals surface area contributed by atoms with Crippen molar-refractivity contribution in [1.29, 1.82) is 0 Å². The first-order valence-corrected chi connectivity index (χ1v) is 11.0. The van der Waals surface area contributed by atoms with Crippen LogP contribution in [-0.2, 0) is 21.4 Å². The molecule has 28 heavy (non-hydrogen) atoms. The summed E-state index contributed by atoms with van der Waals surface area (Å²) in [6.07, 6.45) is 1.70. The van der Waals surface area contributed by atoms with Gasteiger partial charge in [-0.1, -0.05) is 26.0 Å². The standard InChI is InChI=1S/C18H31N3O3S.CH2O2/c1-16(2)9-15-24-18-6-4-17(5-7-18)8-10-19-25(22,23)21-13-11-20(3)12-14-21;2-1-3/h4-7,16,19H,8-15H2,1-3H3;1H,(H,2,3). The SMILES string of the molecule is CC(C)CCOc1ccc(CCNS(=O)(=O)N2CCN(C)CC2)cc1.O=CO. The van der Waals surface area contributed by atoms with Gasteiger partial charge in [0, 0.05) is 32.7 Å². The number of carboxylic acid groups (broad SMARTS) is 1. The van der Waals surface area contributed by atoms with E-state index in [-0.39, 0.29) is 6.47 Å². The molecule has 1 aromatic rings. The normalized spacial score (nSPS) is 15.7. The van der Waals surface area contributed by atoms with Gasteiger partial charge >= 0.3 is 0 Å². The van der Waals surface area contributed by atoms with Crippen LogP contribution >= 0.6 is 0 Å². The van der Waals surface area contributed by atoms with E-state index in [1.54, 1.807) is 0 Å². The first kappa shape index (κ1) is 24.4.